The molecule has 0 aliphatic carbocycles. The monoisotopic (exact) mass is 275 g/mol. The van der Waals surface area contributed by atoms with Crippen molar-refractivity contribution in [3.8, 4) is 5.75 Å². The van der Waals surface area contributed by atoms with Crippen LogP contribution in [0.3, 0.4) is 0 Å². The summed E-state index contributed by atoms with van der Waals surface area (Å²) in [6.45, 7) is 1.70. The maximum atomic E-state index is 13.3. The number of nitrogens with two attached hydrogens (primary N) is 1. The Bertz CT molecular complexity index is 646. The molecular weight excluding hydrogens is 261 g/mol. The number of benzene rings is 1. The Labute approximate surface area is 115 Å². The molecule has 104 valence electrons. The second-order valence-corrected chi connectivity index (χ2v) is 4.35. The Kier molecular flexibility index (Phi) is 3.84. The van der Waals surface area contributed by atoms with E-state index in [-0.39, 0.29) is 11.5 Å². The van der Waals surface area contributed by atoms with Crippen molar-refractivity contribution >= 4 is 11.7 Å². The number of hydrogen-bond donors (Lipinski definition) is 3. The lowest BCUT2D eigenvalue weighted by Gasteiger charge is -2.14. The second kappa shape index (κ2) is 5.56. The fraction of sp³-hybridized carbons (Fsp3) is 0.143. The predicted molar refractivity (Wildman–Crippen MR) is 72.6 cm³/mol. The molecule has 0 bridgehead atoms. The zero-order valence-corrected chi connectivity index (χ0v) is 10.8. The predicted octanol–water partition coefficient (Wildman–Crippen LogP) is 2.00. The first kappa shape index (κ1) is 13.8. The first-order valence-electron chi connectivity index (χ1n) is 5.99. The van der Waals surface area contributed by atoms with Crippen LogP contribution in [0.25, 0.3) is 0 Å². The highest BCUT2D eigenvalue weighted by Gasteiger charge is 2.14. The molecule has 2 aromatic rings. The van der Waals surface area contributed by atoms with E-state index in [0.29, 0.717) is 5.56 Å². The van der Waals surface area contributed by atoms with E-state index in [2.05, 4.69) is 10.3 Å². The molecule has 0 fully saturated rings. The van der Waals surface area contributed by atoms with Crippen molar-refractivity contribution in [3.63, 3.8) is 0 Å². The topological polar surface area (TPSA) is 88.2 Å². The summed E-state index contributed by atoms with van der Waals surface area (Å²) in [4.78, 5) is 15.9. The molecule has 1 aromatic heterocycles. The van der Waals surface area contributed by atoms with E-state index in [4.69, 9.17) is 10.8 Å². The summed E-state index contributed by atoms with van der Waals surface area (Å²) in [5.41, 5.74) is 6.24. The van der Waals surface area contributed by atoms with Gasteiger partial charge in [-0.2, -0.15) is 0 Å². The number of rotatable bonds is 3. The highest BCUT2D eigenvalue weighted by molar-refractivity contribution is 5.92. The van der Waals surface area contributed by atoms with Crippen LogP contribution < -0.4 is 11.1 Å². The number of nitrogens with one attached hydrogen (secondary N) is 1. The van der Waals surface area contributed by atoms with Gasteiger partial charge in [-0.1, -0.05) is 12.1 Å². The smallest absolute Gasteiger partial charge is 0.270 e. The zero-order valence-electron chi connectivity index (χ0n) is 10.8. The van der Waals surface area contributed by atoms with Crippen LogP contribution in [0.4, 0.5) is 10.2 Å². The SMILES string of the molecule is CC(NC(=O)c1cccc(N)n1)c1ccc(O)c(F)c1. The van der Waals surface area contributed by atoms with Crippen LogP contribution in [0, 0.1) is 5.82 Å². The molecule has 1 aromatic carbocycles. The quantitative estimate of drug-likeness (QED) is 0.799. The lowest BCUT2D eigenvalue weighted by atomic mass is 10.1. The number of carbonyl (C=O) groups excluding carboxylic acids is 1. The average molecular weight is 275 g/mol. The van der Waals surface area contributed by atoms with Gasteiger partial charge in [0.05, 0.1) is 6.04 Å². The lowest BCUT2D eigenvalue weighted by Crippen LogP contribution is -2.27. The van der Waals surface area contributed by atoms with E-state index >= 15 is 0 Å². The summed E-state index contributed by atoms with van der Waals surface area (Å²) in [5, 5.41) is 11.8. The molecule has 0 aliphatic rings. The van der Waals surface area contributed by atoms with E-state index in [9.17, 15) is 9.18 Å². The summed E-state index contributed by atoms with van der Waals surface area (Å²) in [5.74, 6) is -1.31. The van der Waals surface area contributed by atoms with E-state index in [0.717, 1.165) is 0 Å². The third-order valence-corrected chi connectivity index (χ3v) is 2.82. The van der Waals surface area contributed by atoms with Gasteiger partial charge in [0.15, 0.2) is 11.6 Å². The van der Waals surface area contributed by atoms with Crippen molar-refractivity contribution in [3.05, 3.63) is 53.5 Å². The molecule has 0 radical (unpaired) electrons. The lowest BCUT2D eigenvalue weighted by molar-refractivity contribution is 0.0935. The number of halogens is 1. The number of hydrogen-bond acceptors (Lipinski definition) is 4. The van der Waals surface area contributed by atoms with E-state index in [1.165, 1.54) is 24.3 Å². The van der Waals surface area contributed by atoms with Gasteiger partial charge >= 0.3 is 0 Å². The van der Waals surface area contributed by atoms with Gasteiger partial charge in [-0.15, -0.1) is 0 Å². The Morgan fingerprint density at radius 3 is 2.80 bits per heavy atom. The number of phenolic OH excluding ortho intramolecular Hbond substituents is 1. The minimum absolute atomic E-state index is 0.191. The van der Waals surface area contributed by atoms with Gasteiger partial charge in [0.1, 0.15) is 11.5 Å². The first-order valence-corrected chi connectivity index (χ1v) is 5.99. The molecule has 6 heteroatoms. The number of aromatic hydroxyl groups is 1. The van der Waals surface area contributed by atoms with Crippen molar-refractivity contribution in [1.82, 2.24) is 10.3 Å². The maximum absolute atomic E-state index is 13.3. The molecule has 4 N–H and O–H groups in total. The number of phenols is 1. The second-order valence-electron chi connectivity index (χ2n) is 4.35. The van der Waals surface area contributed by atoms with Crippen LogP contribution in [0.15, 0.2) is 36.4 Å². The minimum atomic E-state index is -0.731. The molecule has 5 nitrogen and oxygen atoms in total. The summed E-state index contributed by atoms with van der Waals surface area (Å²) in [6, 6.07) is 8.27. The van der Waals surface area contributed by atoms with Crippen LogP contribution in [0.1, 0.15) is 29.0 Å². The van der Waals surface area contributed by atoms with E-state index < -0.39 is 23.5 Å². The number of nitrogen functional groups attached to an aromatic ring is 1. The van der Waals surface area contributed by atoms with Crippen molar-refractivity contribution < 1.29 is 14.3 Å². The standard InChI is InChI=1S/C14H14FN3O2/c1-8(9-5-6-12(19)10(15)7-9)17-14(20)11-3-2-4-13(16)18-11/h2-8,19H,1H3,(H2,16,18)(H,17,20). The Hall–Kier alpha value is -2.63. The van der Waals surface area contributed by atoms with Crippen molar-refractivity contribution in [2.45, 2.75) is 13.0 Å². The Balaban J connectivity index is 2.13. The number of anilines is 1. The fourth-order valence-corrected chi connectivity index (χ4v) is 1.72. The molecule has 1 heterocycles. The molecule has 0 saturated heterocycles. The summed E-state index contributed by atoms with van der Waals surface area (Å²) >= 11 is 0. The molecule has 0 spiro atoms. The number of amides is 1. The number of pyridine rings is 1. The minimum Gasteiger partial charge on any atom is -0.505 e. The van der Waals surface area contributed by atoms with E-state index in [1.54, 1.807) is 19.1 Å². The van der Waals surface area contributed by atoms with Crippen LogP contribution in [0.2, 0.25) is 0 Å². The molecule has 0 aliphatic heterocycles. The maximum Gasteiger partial charge on any atom is 0.270 e. The number of aromatic nitrogens is 1. The molecule has 1 unspecified atom stereocenters. The van der Waals surface area contributed by atoms with Crippen LogP contribution in [-0.4, -0.2) is 16.0 Å². The molecule has 20 heavy (non-hydrogen) atoms. The van der Waals surface area contributed by atoms with Gasteiger partial charge in [0.2, 0.25) is 0 Å². The van der Waals surface area contributed by atoms with Crippen LogP contribution in [-0.2, 0) is 0 Å². The zero-order chi connectivity index (χ0) is 14.7. The van der Waals surface area contributed by atoms with Crippen LogP contribution >= 0.6 is 0 Å². The van der Waals surface area contributed by atoms with Crippen molar-refractivity contribution in [1.29, 1.82) is 0 Å². The van der Waals surface area contributed by atoms with E-state index in [1.807, 2.05) is 0 Å². The van der Waals surface area contributed by atoms with Crippen molar-refractivity contribution in [2.24, 2.45) is 0 Å². The van der Waals surface area contributed by atoms with Gasteiger partial charge in [-0.05, 0) is 36.8 Å². The van der Waals surface area contributed by atoms with Gasteiger partial charge in [-0.25, -0.2) is 9.37 Å². The molecular formula is C14H14FN3O2. The summed E-state index contributed by atoms with van der Waals surface area (Å²) in [6.07, 6.45) is 0. The highest BCUT2D eigenvalue weighted by atomic mass is 19.1. The largest absolute Gasteiger partial charge is 0.505 e. The molecule has 1 amide bonds. The van der Waals surface area contributed by atoms with Gasteiger partial charge in [0.25, 0.3) is 5.91 Å². The normalized spacial score (nSPS) is 11.9. The summed E-state index contributed by atoms with van der Waals surface area (Å²) in [7, 11) is 0. The number of nitrogens with zero attached hydrogens (tertiary/aromatic N) is 1. The molecule has 0 saturated carbocycles. The third kappa shape index (κ3) is 3.03. The number of carbonyl (C=O) groups is 1. The van der Waals surface area contributed by atoms with Crippen molar-refractivity contribution in [2.75, 3.05) is 5.73 Å². The first-order chi connectivity index (χ1) is 9.47. The average Bonchev–Trinajstić information content (AvgIpc) is 2.41. The molecule has 2 rings (SSSR count). The fourth-order valence-electron chi connectivity index (χ4n) is 1.72. The third-order valence-electron chi connectivity index (χ3n) is 2.82. The highest BCUT2D eigenvalue weighted by Crippen LogP contribution is 2.20. The molecule has 1 atom stereocenters. The van der Waals surface area contributed by atoms with Crippen LogP contribution in [0.5, 0.6) is 5.75 Å². The Morgan fingerprint density at radius 1 is 1.40 bits per heavy atom. The van der Waals surface area contributed by atoms with Gasteiger partial charge < -0.3 is 16.2 Å². The van der Waals surface area contributed by atoms with Gasteiger partial charge in [-0.3, -0.25) is 4.79 Å². The Morgan fingerprint density at radius 2 is 2.15 bits per heavy atom. The van der Waals surface area contributed by atoms with Gasteiger partial charge in [0, 0.05) is 0 Å². The summed E-state index contributed by atoms with van der Waals surface area (Å²) < 4.78 is 13.3.